The Kier molecular flexibility index (Phi) is 5.61. The number of rotatable bonds is 5. The molecule has 1 aromatic heterocycles. The molecule has 2 amide bonds. The maximum absolute atomic E-state index is 12.4. The lowest BCUT2D eigenvalue weighted by atomic mass is 10.1. The molecule has 3 rings (SSSR count). The van der Waals surface area contributed by atoms with E-state index in [2.05, 4.69) is 6.07 Å². The van der Waals surface area contributed by atoms with Crippen LogP contribution in [-0.4, -0.2) is 54.4 Å². The Morgan fingerprint density at radius 3 is 2.46 bits per heavy atom. The fourth-order valence-corrected chi connectivity index (χ4v) is 3.10. The highest BCUT2D eigenvalue weighted by molar-refractivity contribution is 5.94. The Hall–Kier alpha value is -2.76. The summed E-state index contributed by atoms with van der Waals surface area (Å²) in [6.45, 7) is 6.56. The second-order valence-corrected chi connectivity index (χ2v) is 6.55. The van der Waals surface area contributed by atoms with Crippen molar-refractivity contribution < 1.29 is 18.7 Å². The highest BCUT2D eigenvalue weighted by atomic mass is 16.5. The monoisotopic (exact) mass is 356 g/mol. The van der Waals surface area contributed by atoms with Crippen molar-refractivity contribution in [2.45, 2.75) is 20.3 Å². The molecule has 0 unspecified atom stereocenters. The Bertz CT molecular complexity index is 762. The lowest BCUT2D eigenvalue weighted by molar-refractivity contribution is -0.133. The lowest BCUT2D eigenvalue weighted by Crippen LogP contribution is -2.50. The fourth-order valence-electron chi connectivity index (χ4n) is 3.10. The van der Waals surface area contributed by atoms with Gasteiger partial charge in [0, 0.05) is 26.2 Å². The minimum Gasteiger partial charge on any atom is -0.493 e. The third-order valence-electron chi connectivity index (χ3n) is 4.59. The van der Waals surface area contributed by atoms with Crippen LogP contribution in [0.15, 0.2) is 41.2 Å². The van der Waals surface area contributed by atoms with Crippen molar-refractivity contribution in [2.75, 3.05) is 32.8 Å². The van der Waals surface area contributed by atoms with Crippen LogP contribution in [0.5, 0.6) is 5.75 Å². The van der Waals surface area contributed by atoms with Crippen LogP contribution < -0.4 is 4.74 Å². The van der Waals surface area contributed by atoms with Gasteiger partial charge in [0.2, 0.25) is 5.91 Å². The van der Waals surface area contributed by atoms with E-state index >= 15 is 0 Å². The molecule has 2 aromatic rings. The van der Waals surface area contributed by atoms with E-state index in [-0.39, 0.29) is 11.8 Å². The third-order valence-corrected chi connectivity index (χ3v) is 4.59. The molecule has 0 N–H and O–H groups in total. The molecule has 138 valence electrons. The first-order chi connectivity index (χ1) is 12.5. The van der Waals surface area contributed by atoms with Gasteiger partial charge in [-0.1, -0.05) is 17.7 Å². The Morgan fingerprint density at radius 2 is 1.81 bits per heavy atom. The summed E-state index contributed by atoms with van der Waals surface area (Å²) in [6.07, 6.45) is 3.27. The van der Waals surface area contributed by atoms with E-state index < -0.39 is 0 Å². The molecule has 2 heterocycles. The van der Waals surface area contributed by atoms with Crippen molar-refractivity contribution in [1.29, 1.82) is 0 Å². The number of amides is 2. The number of aryl methyl sites for hydroxylation is 2. The number of carbonyl (C=O) groups excluding carboxylic acids is 2. The number of nitrogens with zero attached hydrogens (tertiary/aromatic N) is 2. The van der Waals surface area contributed by atoms with Crippen molar-refractivity contribution in [2.24, 2.45) is 0 Å². The van der Waals surface area contributed by atoms with Gasteiger partial charge in [-0.2, -0.15) is 0 Å². The van der Waals surface area contributed by atoms with E-state index in [4.69, 9.17) is 9.15 Å². The fraction of sp³-hybridized carbons (Fsp3) is 0.400. The van der Waals surface area contributed by atoms with E-state index in [1.165, 1.54) is 18.1 Å². The summed E-state index contributed by atoms with van der Waals surface area (Å²) in [7, 11) is 0. The van der Waals surface area contributed by atoms with Crippen LogP contribution in [0.1, 0.15) is 27.9 Å². The number of piperazine rings is 1. The van der Waals surface area contributed by atoms with E-state index in [9.17, 15) is 9.59 Å². The average molecular weight is 356 g/mol. The van der Waals surface area contributed by atoms with Crippen LogP contribution in [0.25, 0.3) is 0 Å². The summed E-state index contributed by atoms with van der Waals surface area (Å²) >= 11 is 0. The van der Waals surface area contributed by atoms with Crippen molar-refractivity contribution in [3.05, 3.63) is 53.5 Å². The zero-order valence-electron chi connectivity index (χ0n) is 15.2. The van der Waals surface area contributed by atoms with Crippen LogP contribution in [0.3, 0.4) is 0 Å². The van der Waals surface area contributed by atoms with Crippen molar-refractivity contribution >= 4 is 11.8 Å². The topological polar surface area (TPSA) is 63.0 Å². The van der Waals surface area contributed by atoms with Gasteiger partial charge in [-0.3, -0.25) is 9.59 Å². The first-order valence-electron chi connectivity index (χ1n) is 8.84. The molecule has 0 bridgehead atoms. The molecule has 0 aliphatic carbocycles. The summed E-state index contributed by atoms with van der Waals surface area (Å²) in [5.74, 6) is 0.827. The van der Waals surface area contributed by atoms with E-state index in [1.54, 1.807) is 15.9 Å². The highest BCUT2D eigenvalue weighted by Gasteiger charge is 2.25. The zero-order valence-corrected chi connectivity index (χ0v) is 15.2. The Labute approximate surface area is 153 Å². The first kappa shape index (κ1) is 18.0. The highest BCUT2D eigenvalue weighted by Crippen LogP contribution is 2.19. The van der Waals surface area contributed by atoms with Crippen molar-refractivity contribution in [3.8, 4) is 5.75 Å². The molecule has 0 spiro atoms. The number of carbonyl (C=O) groups is 2. The predicted octanol–water partition coefficient (Wildman–Crippen LogP) is 2.65. The smallest absolute Gasteiger partial charge is 0.257 e. The summed E-state index contributed by atoms with van der Waals surface area (Å²) in [6, 6.07) is 7.66. The molecule has 1 aliphatic rings. The standard InChI is InChI=1S/C20H24N2O4/c1-15-3-4-18(16(2)13-15)26-12-6-19(23)21-7-9-22(10-8-21)20(24)17-5-11-25-14-17/h3-5,11,13-14H,6-10,12H2,1-2H3. The van der Waals surface area contributed by atoms with Gasteiger partial charge in [-0.25, -0.2) is 0 Å². The Balaban J connectivity index is 1.43. The number of ether oxygens (including phenoxy) is 1. The summed E-state index contributed by atoms with van der Waals surface area (Å²) in [5, 5.41) is 0. The van der Waals surface area contributed by atoms with Gasteiger partial charge in [0.15, 0.2) is 0 Å². The largest absolute Gasteiger partial charge is 0.493 e. The molecule has 6 nitrogen and oxygen atoms in total. The third kappa shape index (κ3) is 4.25. The van der Waals surface area contributed by atoms with Gasteiger partial charge in [-0.05, 0) is 31.5 Å². The summed E-state index contributed by atoms with van der Waals surface area (Å²) in [5.41, 5.74) is 2.81. The number of benzene rings is 1. The van der Waals surface area contributed by atoms with Gasteiger partial charge in [0.25, 0.3) is 5.91 Å². The van der Waals surface area contributed by atoms with Crippen LogP contribution in [-0.2, 0) is 4.79 Å². The average Bonchev–Trinajstić information content (AvgIpc) is 3.17. The SMILES string of the molecule is Cc1ccc(OCCC(=O)N2CCN(C(=O)c3ccoc3)CC2)c(C)c1. The maximum Gasteiger partial charge on any atom is 0.257 e. The van der Waals surface area contributed by atoms with Crippen LogP contribution >= 0.6 is 0 Å². The second kappa shape index (κ2) is 8.08. The van der Waals surface area contributed by atoms with E-state index in [1.807, 2.05) is 26.0 Å². The molecule has 6 heteroatoms. The van der Waals surface area contributed by atoms with Gasteiger partial charge in [-0.15, -0.1) is 0 Å². The molecular formula is C20H24N2O4. The molecule has 1 fully saturated rings. The maximum atomic E-state index is 12.4. The first-order valence-corrected chi connectivity index (χ1v) is 8.84. The minimum absolute atomic E-state index is 0.0518. The molecule has 0 radical (unpaired) electrons. The normalized spacial score (nSPS) is 14.4. The lowest BCUT2D eigenvalue weighted by Gasteiger charge is -2.34. The van der Waals surface area contributed by atoms with Gasteiger partial charge in [0.05, 0.1) is 24.9 Å². The molecule has 1 aromatic carbocycles. The van der Waals surface area contributed by atoms with Gasteiger partial charge < -0.3 is 19.0 Å². The van der Waals surface area contributed by atoms with Crippen molar-refractivity contribution in [1.82, 2.24) is 9.80 Å². The molecule has 0 saturated carbocycles. The number of furan rings is 1. The molecule has 26 heavy (non-hydrogen) atoms. The quantitative estimate of drug-likeness (QED) is 0.826. The zero-order chi connectivity index (χ0) is 18.5. The van der Waals surface area contributed by atoms with Crippen molar-refractivity contribution in [3.63, 3.8) is 0 Å². The predicted molar refractivity (Wildman–Crippen MR) is 97.2 cm³/mol. The summed E-state index contributed by atoms with van der Waals surface area (Å²) < 4.78 is 10.7. The van der Waals surface area contributed by atoms with Crippen LogP contribution in [0, 0.1) is 13.8 Å². The molecule has 1 saturated heterocycles. The number of hydrogen-bond acceptors (Lipinski definition) is 4. The number of hydrogen-bond donors (Lipinski definition) is 0. The van der Waals surface area contributed by atoms with Gasteiger partial charge in [0.1, 0.15) is 12.0 Å². The van der Waals surface area contributed by atoms with E-state index in [0.29, 0.717) is 44.8 Å². The molecule has 0 atom stereocenters. The second-order valence-electron chi connectivity index (χ2n) is 6.55. The summed E-state index contributed by atoms with van der Waals surface area (Å²) in [4.78, 5) is 28.2. The van der Waals surface area contributed by atoms with Crippen LogP contribution in [0.4, 0.5) is 0 Å². The minimum atomic E-state index is -0.0518. The molecule has 1 aliphatic heterocycles. The Morgan fingerprint density at radius 1 is 1.08 bits per heavy atom. The van der Waals surface area contributed by atoms with Crippen LogP contribution in [0.2, 0.25) is 0 Å². The van der Waals surface area contributed by atoms with E-state index in [0.717, 1.165) is 11.3 Å². The molecular weight excluding hydrogens is 332 g/mol. The van der Waals surface area contributed by atoms with Gasteiger partial charge >= 0.3 is 0 Å².